The molecular weight excluding hydrogens is 176 g/mol. The second-order valence-electron chi connectivity index (χ2n) is 4.69. The quantitative estimate of drug-likeness (QED) is 0.748. The van der Waals surface area contributed by atoms with E-state index in [1.807, 2.05) is 12.3 Å². The van der Waals surface area contributed by atoms with Gasteiger partial charge in [-0.3, -0.25) is 0 Å². The lowest BCUT2D eigenvalue weighted by molar-refractivity contribution is 0.112. The summed E-state index contributed by atoms with van der Waals surface area (Å²) in [6.45, 7) is 6.15. The van der Waals surface area contributed by atoms with Crippen molar-refractivity contribution in [3.63, 3.8) is 0 Å². The van der Waals surface area contributed by atoms with Gasteiger partial charge in [-0.15, -0.1) is 0 Å². The zero-order chi connectivity index (χ0) is 10.6. The highest BCUT2D eigenvalue weighted by molar-refractivity contribution is 5.03. The van der Waals surface area contributed by atoms with Crippen molar-refractivity contribution >= 4 is 0 Å². The average molecular weight is 196 g/mol. The monoisotopic (exact) mass is 196 g/mol. The molecule has 3 heteroatoms. The summed E-state index contributed by atoms with van der Waals surface area (Å²) in [7, 11) is 2.07. The van der Waals surface area contributed by atoms with E-state index < -0.39 is 0 Å². The normalized spacial score (nSPS) is 12.4. The van der Waals surface area contributed by atoms with Gasteiger partial charge >= 0.3 is 0 Å². The lowest BCUT2D eigenvalue weighted by atomic mass is 9.94. The number of hydrogen-bond acceptors (Lipinski definition) is 2. The third-order valence-corrected chi connectivity index (χ3v) is 2.23. The van der Waals surface area contributed by atoms with E-state index in [-0.39, 0.29) is 12.0 Å². The van der Waals surface area contributed by atoms with Gasteiger partial charge in [-0.2, -0.15) is 0 Å². The van der Waals surface area contributed by atoms with Crippen LogP contribution in [0.25, 0.3) is 0 Å². The maximum absolute atomic E-state index is 9.13. The van der Waals surface area contributed by atoms with Crippen molar-refractivity contribution < 1.29 is 5.11 Å². The number of aliphatic hydroxyl groups is 1. The summed E-state index contributed by atoms with van der Waals surface area (Å²) in [5, 5.41) is 9.13. The van der Waals surface area contributed by atoms with Crippen LogP contribution in [0.2, 0.25) is 0 Å². The first kappa shape index (κ1) is 11.3. The second kappa shape index (κ2) is 4.62. The fraction of sp³-hybridized carbons (Fsp3) is 0.636. The zero-order valence-electron chi connectivity index (χ0n) is 9.25. The minimum Gasteiger partial charge on any atom is -0.396 e. The van der Waals surface area contributed by atoms with E-state index in [4.69, 9.17) is 5.11 Å². The van der Waals surface area contributed by atoms with Crippen molar-refractivity contribution in [3.8, 4) is 0 Å². The molecule has 0 unspecified atom stereocenters. The van der Waals surface area contributed by atoms with Crippen LogP contribution in [0.3, 0.4) is 0 Å². The van der Waals surface area contributed by atoms with Gasteiger partial charge in [0.2, 0.25) is 0 Å². The van der Waals surface area contributed by atoms with Crippen LogP contribution in [0, 0.1) is 5.41 Å². The maximum Gasteiger partial charge on any atom is 0.0494 e. The molecule has 1 aromatic heterocycles. The molecule has 1 heterocycles. The highest BCUT2D eigenvalue weighted by Crippen LogP contribution is 2.15. The Morgan fingerprint density at radius 3 is 2.71 bits per heavy atom. The Bertz CT molecular complexity index is 254. The van der Waals surface area contributed by atoms with Crippen LogP contribution >= 0.6 is 0 Å². The molecule has 0 aliphatic heterocycles. The van der Waals surface area contributed by atoms with Gasteiger partial charge in [-0.1, -0.05) is 13.8 Å². The Balaban J connectivity index is 2.40. The van der Waals surface area contributed by atoms with Crippen molar-refractivity contribution in [2.75, 3.05) is 20.2 Å². The van der Waals surface area contributed by atoms with Crippen molar-refractivity contribution in [3.05, 3.63) is 24.0 Å². The Morgan fingerprint density at radius 2 is 2.21 bits per heavy atom. The molecule has 2 N–H and O–H groups in total. The summed E-state index contributed by atoms with van der Waals surface area (Å²) in [6.07, 6.45) is 1.93. The first-order valence-corrected chi connectivity index (χ1v) is 4.95. The van der Waals surface area contributed by atoms with Crippen LogP contribution in [-0.2, 0) is 6.54 Å². The Morgan fingerprint density at radius 1 is 1.50 bits per heavy atom. The average Bonchev–Trinajstić information content (AvgIpc) is 2.55. The van der Waals surface area contributed by atoms with E-state index in [0.29, 0.717) is 0 Å². The standard InChI is InChI=1S/C11H20N2O/c1-11(2,9-14)8-13(3)7-10-5-4-6-12-10/h4-6,12,14H,7-9H2,1-3H3. The molecular formula is C11H20N2O. The highest BCUT2D eigenvalue weighted by Gasteiger charge is 2.18. The van der Waals surface area contributed by atoms with Gasteiger partial charge in [0, 0.05) is 37.0 Å². The van der Waals surface area contributed by atoms with Crippen LogP contribution in [0.4, 0.5) is 0 Å². The summed E-state index contributed by atoms with van der Waals surface area (Å²) < 4.78 is 0. The fourth-order valence-corrected chi connectivity index (χ4v) is 1.59. The third kappa shape index (κ3) is 3.52. The molecule has 0 aliphatic carbocycles. The van der Waals surface area contributed by atoms with Gasteiger partial charge in [-0.05, 0) is 19.2 Å². The number of H-pyrrole nitrogens is 1. The third-order valence-electron chi connectivity index (χ3n) is 2.23. The molecule has 14 heavy (non-hydrogen) atoms. The van der Waals surface area contributed by atoms with Crippen LogP contribution in [0.1, 0.15) is 19.5 Å². The second-order valence-corrected chi connectivity index (χ2v) is 4.69. The van der Waals surface area contributed by atoms with Gasteiger partial charge in [0.15, 0.2) is 0 Å². The summed E-state index contributed by atoms with van der Waals surface area (Å²) >= 11 is 0. The first-order valence-electron chi connectivity index (χ1n) is 4.95. The number of rotatable bonds is 5. The Labute approximate surface area is 85.7 Å². The number of hydrogen-bond donors (Lipinski definition) is 2. The lowest BCUT2D eigenvalue weighted by Crippen LogP contribution is -2.33. The molecule has 3 nitrogen and oxygen atoms in total. The molecule has 0 aliphatic rings. The summed E-state index contributed by atoms with van der Waals surface area (Å²) in [5.74, 6) is 0. The Kier molecular flexibility index (Phi) is 3.72. The van der Waals surface area contributed by atoms with Gasteiger partial charge in [0.1, 0.15) is 0 Å². The lowest BCUT2D eigenvalue weighted by Gasteiger charge is -2.28. The predicted octanol–water partition coefficient (Wildman–Crippen LogP) is 1.46. The molecule has 0 aromatic carbocycles. The number of aliphatic hydroxyl groups excluding tert-OH is 1. The van der Waals surface area contributed by atoms with Gasteiger partial charge in [0.25, 0.3) is 0 Å². The SMILES string of the molecule is CN(Cc1ccc[nH]1)CC(C)(C)CO. The topological polar surface area (TPSA) is 39.3 Å². The van der Waals surface area contributed by atoms with Gasteiger partial charge in [0.05, 0.1) is 0 Å². The molecule has 1 rings (SSSR count). The number of aromatic amines is 1. The zero-order valence-corrected chi connectivity index (χ0v) is 9.25. The minimum absolute atomic E-state index is 0.0264. The van der Waals surface area contributed by atoms with E-state index in [1.165, 1.54) is 5.69 Å². The summed E-state index contributed by atoms with van der Waals surface area (Å²) in [4.78, 5) is 5.38. The smallest absolute Gasteiger partial charge is 0.0494 e. The van der Waals surface area contributed by atoms with Crippen molar-refractivity contribution in [2.24, 2.45) is 5.41 Å². The van der Waals surface area contributed by atoms with Gasteiger partial charge in [-0.25, -0.2) is 0 Å². The Hall–Kier alpha value is -0.800. The fourth-order valence-electron chi connectivity index (χ4n) is 1.59. The number of nitrogens with zero attached hydrogens (tertiary/aromatic N) is 1. The van der Waals surface area contributed by atoms with Crippen molar-refractivity contribution in [1.82, 2.24) is 9.88 Å². The van der Waals surface area contributed by atoms with E-state index in [1.54, 1.807) is 0 Å². The van der Waals surface area contributed by atoms with Crippen LogP contribution in [-0.4, -0.2) is 35.2 Å². The highest BCUT2D eigenvalue weighted by atomic mass is 16.3. The van der Waals surface area contributed by atoms with Gasteiger partial charge < -0.3 is 15.0 Å². The van der Waals surface area contributed by atoms with E-state index in [2.05, 4.69) is 36.8 Å². The van der Waals surface area contributed by atoms with Crippen molar-refractivity contribution in [2.45, 2.75) is 20.4 Å². The summed E-state index contributed by atoms with van der Waals surface area (Å²) in [5.41, 5.74) is 1.18. The molecule has 0 amide bonds. The molecule has 0 radical (unpaired) electrons. The van der Waals surface area contributed by atoms with Crippen LogP contribution in [0.15, 0.2) is 18.3 Å². The van der Waals surface area contributed by atoms with Crippen LogP contribution < -0.4 is 0 Å². The maximum atomic E-state index is 9.13. The van der Waals surface area contributed by atoms with Crippen molar-refractivity contribution in [1.29, 1.82) is 0 Å². The summed E-state index contributed by atoms with van der Waals surface area (Å²) in [6, 6.07) is 4.07. The van der Waals surface area contributed by atoms with E-state index >= 15 is 0 Å². The molecule has 0 bridgehead atoms. The number of aromatic nitrogens is 1. The molecule has 0 saturated carbocycles. The minimum atomic E-state index is -0.0264. The molecule has 0 atom stereocenters. The molecule has 0 fully saturated rings. The van der Waals surface area contributed by atoms with E-state index in [9.17, 15) is 0 Å². The molecule has 0 saturated heterocycles. The first-order chi connectivity index (χ1) is 6.53. The molecule has 80 valence electrons. The predicted molar refractivity (Wildman–Crippen MR) is 58.0 cm³/mol. The number of nitrogens with one attached hydrogen (secondary N) is 1. The van der Waals surface area contributed by atoms with E-state index in [0.717, 1.165) is 13.1 Å². The molecule has 0 spiro atoms. The molecule has 1 aromatic rings. The van der Waals surface area contributed by atoms with Crippen LogP contribution in [0.5, 0.6) is 0 Å². The largest absolute Gasteiger partial charge is 0.396 e.